The summed E-state index contributed by atoms with van der Waals surface area (Å²) in [6.07, 6.45) is 22.5. The van der Waals surface area contributed by atoms with Gasteiger partial charge in [-0.3, -0.25) is 19.2 Å². The summed E-state index contributed by atoms with van der Waals surface area (Å²) >= 11 is 0. The number of amides is 4. The first-order chi connectivity index (χ1) is 27.2. The van der Waals surface area contributed by atoms with Gasteiger partial charge < -0.3 is 26.2 Å². The number of allylic oxidation sites excluding steroid dienone is 8. The topological polar surface area (TPSA) is 174 Å². The molecule has 0 radical (unpaired) electrons. The molecule has 2 fully saturated rings. The fourth-order valence-electron chi connectivity index (χ4n) is 8.44. The van der Waals surface area contributed by atoms with Gasteiger partial charge in [0.1, 0.15) is 18.1 Å². The Balaban J connectivity index is 0.000000215. The largest absolute Gasteiger partial charge is 0.357 e. The number of hydrogen-bond acceptors (Lipinski definition) is 6. The van der Waals surface area contributed by atoms with E-state index in [0.29, 0.717) is 56.5 Å². The van der Waals surface area contributed by atoms with E-state index in [0.717, 1.165) is 36.8 Å². The average Bonchev–Trinajstić information content (AvgIpc) is 3.50. The number of likely N-dealkylation sites (N-methyl/N-ethyl adjacent to an activating group) is 2. The summed E-state index contributed by atoms with van der Waals surface area (Å²) in [5.74, 6) is 0.597. The van der Waals surface area contributed by atoms with Crippen LogP contribution in [0.25, 0.3) is 10.4 Å². The molecule has 2 saturated heterocycles. The highest BCUT2D eigenvalue weighted by molar-refractivity contribution is 5.91. The number of carbonyl (C=O) groups is 4. The first kappa shape index (κ1) is 41.7. The third-order valence-corrected chi connectivity index (χ3v) is 11.6. The molecule has 0 bridgehead atoms. The normalized spacial score (nSPS) is 25.8. The Labute approximate surface area is 330 Å². The monoisotopic (exact) mass is 760 g/mol. The molecule has 4 N–H and O–H groups in total. The van der Waals surface area contributed by atoms with Gasteiger partial charge in [-0.1, -0.05) is 114 Å². The lowest BCUT2D eigenvalue weighted by molar-refractivity contribution is -0.140. The summed E-state index contributed by atoms with van der Waals surface area (Å²) in [4.78, 5) is 57.8. The van der Waals surface area contributed by atoms with Crippen LogP contribution in [0.5, 0.6) is 0 Å². The van der Waals surface area contributed by atoms with Gasteiger partial charge in [0.05, 0.1) is 6.04 Å². The van der Waals surface area contributed by atoms with Gasteiger partial charge >= 0.3 is 0 Å². The van der Waals surface area contributed by atoms with Crippen LogP contribution in [0.1, 0.15) is 49.7 Å². The summed E-state index contributed by atoms with van der Waals surface area (Å²) < 4.78 is 0. The van der Waals surface area contributed by atoms with E-state index < -0.39 is 24.2 Å². The van der Waals surface area contributed by atoms with E-state index >= 15 is 0 Å². The Bertz CT molecular complexity index is 1810. The summed E-state index contributed by atoms with van der Waals surface area (Å²) in [6.45, 7) is 1.04. The van der Waals surface area contributed by atoms with Crippen molar-refractivity contribution in [3.05, 3.63) is 131 Å². The van der Waals surface area contributed by atoms with Crippen LogP contribution >= 0.6 is 0 Å². The Morgan fingerprint density at radius 2 is 1.21 bits per heavy atom. The molecule has 4 aliphatic rings. The Hall–Kier alpha value is -5.45. The molecule has 8 atom stereocenters. The van der Waals surface area contributed by atoms with Crippen molar-refractivity contribution in [3.63, 3.8) is 0 Å². The molecule has 2 aliphatic heterocycles. The number of benzene rings is 2. The molecule has 2 aromatic rings. The first-order valence-electron chi connectivity index (χ1n) is 19.8. The van der Waals surface area contributed by atoms with E-state index in [4.69, 9.17) is 11.3 Å². The Morgan fingerprint density at radius 1 is 0.750 bits per heavy atom. The maximum absolute atomic E-state index is 13.3. The molecule has 2 aromatic carbocycles. The predicted molar refractivity (Wildman–Crippen MR) is 219 cm³/mol. The number of nitrogens with one attached hydrogen (secondary N) is 2. The number of azide groups is 1. The van der Waals surface area contributed by atoms with E-state index in [9.17, 15) is 19.2 Å². The van der Waals surface area contributed by atoms with E-state index in [2.05, 4.69) is 57.1 Å². The van der Waals surface area contributed by atoms with Crippen LogP contribution in [-0.4, -0.2) is 84.8 Å². The minimum Gasteiger partial charge on any atom is -0.357 e. The van der Waals surface area contributed by atoms with Gasteiger partial charge in [0.2, 0.25) is 23.6 Å². The third-order valence-electron chi connectivity index (χ3n) is 11.6. The summed E-state index contributed by atoms with van der Waals surface area (Å²) in [5.41, 5.74) is 17.3. The van der Waals surface area contributed by atoms with Crippen LogP contribution in [-0.2, 0) is 32.0 Å². The van der Waals surface area contributed by atoms with Gasteiger partial charge in [-0.2, -0.15) is 0 Å². The highest BCUT2D eigenvalue weighted by Gasteiger charge is 2.39. The van der Waals surface area contributed by atoms with Crippen LogP contribution in [0, 0.1) is 23.7 Å². The van der Waals surface area contributed by atoms with E-state index in [1.807, 2.05) is 72.8 Å². The van der Waals surface area contributed by atoms with Crippen LogP contribution in [0.2, 0.25) is 0 Å². The van der Waals surface area contributed by atoms with Crippen molar-refractivity contribution in [2.24, 2.45) is 34.5 Å². The predicted octanol–water partition coefficient (Wildman–Crippen LogP) is 5.44. The maximum atomic E-state index is 13.3. The highest BCUT2D eigenvalue weighted by Crippen LogP contribution is 2.34. The second-order valence-corrected chi connectivity index (χ2v) is 15.0. The van der Waals surface area contributed by atoms with Crippen LogP contribution in [0.3, 0.4) is 0 Å². The van der Waals surface area contributed by atoms with Gasteiger partial charge in [0.25, 0.3) is 0 Å². The number of nitrogens with zero attached hydrogens (tertiary/aromatic N) is 5. The standard InChI is InChI=1S/C22H27N5O2.C22H29N3O2/c1-24-21(28)20(14-16-8-4-2-5-9-16)27-13-12-18(17-10-6-3-7-11-17)15-19(22(27)29)25-26-23;1-24-21(26)20(14-16-8-4-2-5-9-16)25-13-12-18(15-19(23)22(25)27)17-10-6-3-7-11-17/h2-10,17-20H,11-15H2,1H3,(H,24,28);2-10,17-20H,11-15,23H2,1H3,(H,24,26)/t17?,18-,19-,20-;17-,18?,19-,20-/m00/s1. The van der Waals surface area contributed by atoms with Gasteiger partial charge in [0.15, 0.2) is 0 Å². The van der Waals surface area contributed by atoms with Crippen molar-refractivity contribution < 1.29 is 19.2 Å². The SMILES string of the molecule is CNC(=O)[C@H](Cc1ccccc1)N1CCC([C@H]2C=CC=CC2)C[C@H](N)C1=O.CNC(=O)[C@H](Cc1ccccc1)N1CC[C@H](C2C=CC=CC2)C[C@H](N=[N+]=[N-])C1=O. The molecule has 2 aliphatic carbocycles. The lowest BCUT2D eigenvalue weighted by Gasteiger charge is -2.31. The van der Waals surface area contributed by atoms with Crippen LogP contribution in [0.15, 0.2) is 114 Å². The van der Waals surface area contributed by atoms with E-state index in [1.165, 1.54) is 0 Å². The number of rotatable bonds is 11. The van der Waals surface area contributed by atoms with Crippen molar-refractivity contribution in [3.8, 4) is 0 Å². The molecule has 56 heavy (non-hydrogen) atoms. The molecule has 2 unspecified atom stereocenters. The van der Waals surface area contributed by atoms with E-state index in [1.54, 1.807) is 23.9 Å². The summed E-state index contributed by atoms with van der Waals surface area (Å²) in [7, 11) is 3.19. The fraction of sp³-hybridized carbons (Fsp3) is 0.455. The van der Waals surface area contributed by atoms with Crippen LogP contribution in [0.4, 0.5) is 0 Å². The van der Waals surface area contributed by atoms with Gasteiger partial charge in [-0.25, -0.2) is 0 Å². The zero-order valence-electron chi connectivity index (χ0n) is 32.5. The van der Waals surface area contributed by atoms with Crippen molar-refractivity contribution >= 4 is 23.6 Å². The average molecular weight is 761 g/mol. The number of carbonyl (C=O) groups excluding carboxylic acids is 4. The zero-order valence-corrected chi connectivity index (χ0v) is 32.5. The number of nitrogens with two attached hydrogens (primary N) is 1. The lowest BCUT2D eigenvalue weighted by Crippen LogP contribution is -2.53. The fourth-order valence-corrected chi connectivity index (χ4v) is 8.44. The second-order valence-electron chi connectivity index (χ2n) is 15.0. The van der Waals surface area contributed by atoms with Gasteiger partial charge in [0, 0.05) is 44.9 Å². The summed E-state index contributed by atoms with van der Waals surface area (Å²) in [6, 6.07) is 17.0. The number of likely N-dealkylation sites (tertiary alicyclic amines) is 2. The highest BCUT2D eigenvalue weighted by atomic mass is 16.2. The Kier molecular flexibility index (Phi) is 15.7. The van der Waals surface area contributed by atoms with Crippen molar-refractivity contribution in [1.82, 2.24) is 20.4 Å². The molecule has 0 aromatic heterocycles. The van der Waals surface area contributed by atoms with Crippen LogP contribution < -0.4 is 16.4 Å². The zero-order chi connectivity index (χ0) is 39.9. The smallest absolute Gasteiger partial charge is 0.242 e. The molecule has 0 spiro atoms. The number of hydrogen-bond donors (Lipinski definition) is 3. The molecule has 296 valence electrons. The molecule has 4 amide bonds. The minimum absolute atomic E-state index is 0.114. The molecule has 2 heterocycles. The molecule has 12 heteroatoms. The van der Waals surface area contributed by atoms with Crippen molar-refractivity contribution in [1.29, 1.82) is 0 Å². The minimum atomic E-state index is -0.783. The van der Waals surface area contributed by atoms with Crippen molar-refractivity contribution in [2.75, 3.05) is 27.2 Å². The maximum Gasteiger partial charge on any atom is 0.242 e. The summed E-state index contributed by atoms with van der Waals surface area (Å²) in [5, 5.41) is 9.22. The third kappa shape index (κ3) is 11.1. The second kappa shape index (κ2) is 21.0. The molecule has 0 saturated carbocycles. The van der Waals surface area contributed by atoms with Gasteiger partial charge in [-0.15, -0.1) is 0 Å². The molecular weight excluding hydrogens is 705 g/mol. The first-order valence-corrected chi connectivity index (χ1v) is 19.8. The van der Waals surface area contributed by atoms with Crippen molar-refractivity contribution in [2.45, 2.75) is 75.5 Å². The molecule has 12 nitrogen and oxygen atoms in total. The lowest BCUT2D eigenvalue weighted by atomic mass is 9.81. The van der Waals surface area contributed by atoms with Gasteiger partial charge in [-0.05, 0) is 78.9 Å². The molecule has 6 rings (SSSR count). The quantitative estimate of drug-likeness (QED) is 0.157. The van der Waals surface area contributed by atoms with E-state index in [-0.39, 0.29) is 29.5 Å². The Morgan fingerprint density at radius 3 is 1.64 bits per heavy atom. The molecular formula is C44H56N8O4.